The number of benzene rings is 5. The highest BCUT2D eigenvalue weighted by Crippen LogP contribution is 2.35. The van der Waals surface area contributed by atoms with Crippen molar-refractivity contribution in [1.82, 2.24) is 5.12 Å². The molecule has 6 rings (SSSR count). The fourth-order valence-corrected chi connectivity index (χ4v) is 4.43. The molecule has 0 saturated heterocycles. The molecule has 37 heavy (non-hydrogen) atoms. The molecular formula is C32H26N4O. The molecule has 1 heterocycles. The smallest absolute Gasteiger partial charge is 0.242 e. The molecule has 5 aromatic carbocycles. The molecule has 5 nitrogen and oxygen atoms in total. The van der Waals surface area contributed by atoms with Gasteiger partial charge in [-0.2, -0.15) is 5.12 Å². The van der Waals surface area contributed by atoms with E-state index in [-0.39, 0.29) is 0 Å². The van der Waals surface area contributed by atoms with Crippen molar-refractivity contribution >= 4 is 34.3 Å². The Labute approximate surface area is 217 Å². The molecule has 180 valence electrons. The first-order valence-corrected chi connectivity index (χ1v) is 12.3. The second-order valence-electron chi connectivity index (χ2n) is 8.59. The van der Waals surface area contributed by atoms with Crippen molar-refractivity contribution in [3.8, 4) is 0 Å². The van der Waals surface area contributed by atoms with Crippen LogP contribution in [0.15, 0.2) is 151 Å². The van der Waals surface area contributed by atoms with E-state index in [4.69, 9.17) is 9.84 Å². The number of anilines is 5. The van der Waals surface area contributed by atoms with Gasteiger partial charge in [0.25, 0.3) is 0 Å². The van der Waals surface area contributed by atoms with E-state index in [2.05, 4.69) is 107 Å². The summed E-state index contributed by atoms with van der Waals surface area (Å²) in [5, 5.41) is 8.76. The van der Waals surface area contributed by atoms with Crippen LogP contribution in [-0.2, 0) is 4.74 Å². The zero-order valence-electron chi connectivity index (χ0n) is 20.3. The molecule has 0 bridgehead atoms. The van der Waals surface area contributed by atoms with E-state index in [0.29, 0.717) is 12.6 Å². The third kappa shape index (κ3) is 4.75. The lowest BCUT2D eigenvalue weighted by molar-refractivity contribution is 0.170. The minimum absolute atomic E-state index is 0.320. The number of ether oxygens (including phenoxy) is 1. The maximum Gasteiger partial charge on any atom is 0.242 e. The Kier molecular flexibility index (Phi) is 6.25. The predicted molar refractivity (Wildman–Crippen MR) is 150 cm³/mol. The number of hydrogen-bond acceptors (Lipinski definition) is 5. The van der Waals surface area contributed by atoms with Crippen molar-refractivity contribution in [2.75, 3.05) is 16.6 Å². The molecule has 0 atom stereocenters. The fourth-order valence-electron chi connectivity index (χ4n) is 4.43. The quantitative estimate of drug-likeness (QED) is 0.236. The molecule has 0 aliphatic carbocycles. The van der Waals surface area contributed by atoms with E-state index < -0.39 is 0 Å². The summed E-state index contributed by atoms with van der Waals surface area (Å²) in [4.78, 5) is 2.24. The molecule has 0 unspecified atom stereocenters. The number of hydrazine groups is 1. The topological polar surface area (TPSA) is 31.3 Å². The monoisotopic (exact) mass is 482 g/mol. The number of nitrogens with zero attached hydrogens (tertiary/aromatic N) is 4. The molecule has 0 N–H and O–H groups in total. The Morgan fingerprint density at radius 3 is 1.35 bits per heavy atom. The van der Waals surface area contributed by atoms with E-state index in [9.17, 15) is 0 Å². The first kappa shape index (κ1) is 22.4. The van der Waals surface area contributed by atoms with E-state index in [1.54, 1.807) is 0 Å². The SMILES string of the molecule is c1ccc(N(c2ccccc2)c2ccc(C3=NN(N(c4ccccc4)c4ccccc4)CO3)cc2)cc1. The van der Waals surface area contributed by atoms with Gasteiger partial charge >= 0.3 is 0 Å². The van der Waals surface area contributed by atoms with Gasteiger partial charge < -0.3 is 9.64 Å². The summed E-state index contributed by atoms with van der Waals surface area (Å²) in [7, 11) is 0. The molecule has 1 aliphatic rings. The van der Waals surface area contributed by atoms with Crippen molar-refractivity contribution in [3.05, 3.63) is 151 Å². The maximum atomic E-state index is 6.07. The lowest BCUT2D eigenvalue weighted by Crippen LogP contribution is -2.33. The summed E-state index contributed by atoms with van der Waals surface area (Å²) in [6, 6.07) is 49.5. The second kappa shape index (κ2) is 10.3. The minimum Gasteiger partial charge on any atom is -0.451 e. The Bertz CT molecular complexity index is 1380. The van der Waals surface area contributed by atoms with Gasteiger partial charge in [0.05, 0.1) is 11.4 Å². The molecule has 0 amide bonds. The normalized spacial score (nSPS) is 12.5. The minimum atomic E-state index is 0.320. The van der Waals surface area contributed by atoms with Gasteiger partial charge in [0.1, 0.15) is 0 Å². The van der Waals surface area contributed by atoms with Crippen LogP contribution in [0.2, 0.25) is 0 Å². The van der Waals surface area contributed by atoms with Crippen molar-refractivity contribution < 1.29 is 4.74 Å². The summed E-state index contributed by atoms with van der Waals surface area (Å²) >= 11 is 0. The molecule has 0 saturated carbocycles. The lowest BCUT2D eigenvalue weighted by Gasteiger charge is -2.30. The molecule has 0 aromatic heterocycles. The van der Waals surface area contributed by atoms with Gasteiger partial charge in [-0.3, -0.25) is 0 Å². The van der Waals surface area contributed by atoms with Gasteiger partial charge in [-0.15, -0.1) is 5.10 Å². The molecule has 5 heteroatoms. The average Bonchev–Trinajstić information content (AvgIpc) is 3.46. The van der Waals surface area contributed by atoms with E-state index in [1.165, 1.54) is 0 Å². The Balaban J connectivity index is 1.31. The summed E-state index contributed by atoms with van der Waals surface area (Å²) in [6.07, 6.45) is 0. The second-order valence-corrected chi connectivity index (χ2v) is 8.59. The van der Waals surface area contributed by atoms with Crippen LogP contribution >= 0.6 is 0 Å². The van der Waals surface area contributed by atoms with Crippen LogP contribution < -0.4 is 9.91 Å². The van der Waals surface area contributed by atoms with E-state index in [0.717, 1.165) is 34.0 Å². The van der Waals surface area contributed by atoms with Gasteiger partial charge in [0.15, 0.2) is 6.73 Å². The van der Waals surface area contributed by atoms with Crippen LogP contribution in [0.3, 0.4) is 0 Å². The van der Waals surface area contributed by atoms with Crippen molar-refractivity contribution in [3.63, 3.8) is 0 Å². The van der Waals surface area contributed by atoms with Gasteiger partial charge in [-0.25, -0.2) is 5.01 Å². The van der Waals surface area contributed by atoms with Crippen molar-refractivity contribution in [2.45, 2.75) is 0 Å². The Hall–Kier alpha value is -5.03. The van der Waals surface area contributed by atoms with Crippen LogP contribution in [0.25, 0.3) is 0 Å². The third-order valence-corrected chi connectivity index (χ3v) is 6.16. The Morgan fingerprint density at radius 2 is 0.892 bits per heavy atom. The average molecular weight is 483 g/mol. The largest absolute Gasteiger partial charge is 0.451 e. The number of para-hydroxylation sites is 4. The van der Waals surface area contributed by atoms with Gasteiger partial charge in [-0.05, 0) is 72.8 Å². The number of hydrazone groups is 1. The first-order valence-electron chi connectivity index (χ1n) is 12.3. The highest BCUT2D eigenvalue weighted by molar-refractivity contribution is 5.95. The standard InChI is InChI=1S/C32H26N4O/c1-5-13-27(14-6-1)35(28-15-7-2-8-16-28)29-23-21-26(22-24-29)32-33-34(25-37-32)36(30-17-9-3-10-18-30)31-19-11-4-12-20-31/h1-24H,25H2. The summed E-state index contributed by atoms with van der Waals surface area (Å²) in [6.45, 7) is 0.320. The zero-order chi connectivity index (χ0) is 24.9. The maximum absolute atomic E-state index is 6.07. The van der Waals surface area contributed by atoms with E-state index >= 15 is 0 Å². The fraction of sp³-hybridized carbons (Fsp3) is 0.0312. The predicted octanol–water partition coefficient (Wildman–Crippen LogP) is 7.86. The van der Waals surface area contributed by atoms with Crippen LogP contribution in [0.1, 0.15) is 5.56 Å². The third-order valence-electron chi connectivity index (χ3n) is 6.16. The number of hydrogen-bond donors (Lipinski definition) is 0. The Morgan fingerprint density at radius 1 is 0.486 bits per heavy atom. The van der Waals surface area contributed by atoms with Crippen LogP contribution in [0, 0.1) is 0 Å². The summed E-state index contributed by atoms with van der Waals surface area (Å²) < 4.78 is 6.07. The summed E-state index contributed by atoms with van der Waals surface area (Å²) in [5.74, 6) is 0.592. The molecule has 0 spiro atoms. The first-order chi connectivity index (χ1) is 18.4. The molecule has 1 aliphatic heterocycles. The molecular weight excluding hydrogens is 456 g/mol. The lowest BCUT2D eigenvalue weighted by atomic mass is 10.1. The van der Waals surface area contributed by atoms with Gasteiger partial charge in [-0.1, -0.05) is 72.8 Å². The molecule has 0 fully saturated rings. The van der Waals surface area contributed by atoms with Crippen LogP contribution in [0.4, 0.5) is 28.4 Å². The van der Waals surface area contributed by atoms with E-state index in [1.807, 2.05) is 53.6 Å². The van der Waals surface area contributed by atoms with Gasteiger partial charge in [0.2, 0.25) is 5.90 Å². The van der Waals surface area contributed by atoms with Gasteiger partial charge in [0, 0.05) is 22.6 Å². The van der Waals surface area contributed by atoms with Crippen molar-refractivity contribution in [2.24, 2.45) is 5.10 Å². The van der Waals surface area contributed by atoms with Crippen LogP contribution in [0.5, 0.6) is 0 Å². The highest BCUT2D eigenvalue weighted by atomic mass is 16.5. The summed E-state index contributed by atoms with van der Waals surface area (Å²) in [5.41, 5.74) is 6.21. The highest BCUT2D eigenvalue weighted by Gasteiger charge is 2.25. The van der Waals surface area contributed by atoms with Crippen molar-refractivity contribution in [1.29, 1.82) is 0 Å². The molecule has 0 radical (unpaired) electrons. The molecule has 5 aromatic rings. The number of rotatable bonds is 7. The zero-order valence-corrected chi connectivity index (χ0v) is 20.3. The van der Waals surface area contributed by atoms with Crippen LogP contribution in [-0.4, -0.2) is 17.7 Å².